The Morgan fingerprint density at radius 2 is 1.95 bits per heavy atom. The third-order valence-electron chi connectivity index (χ3n) is 3.10. The second-order valence-corrected chi connectivity index (χ2v) is 4.66. The van der Waals surface area contributed by atoms with E-state index in [4.69, 9.17) is 5.73 Å². The summed E-state index contributed by atoms with van der Waals surface area (Å²) in [5, 5.41) is 0. The lowest BCUT2D eigenvalue weighted by atomic mass is 10.2. The SMILES string of the molecule is CCN(Cc1cccc(N)c1)c1cc(C(F)(F)F)ccn1. The quantitative estimate of drug-likeness (QED) is 0.874. The van der Waals surface area contributed by atoms with Gasteiger partial charge in [0, 0.05) is 25.0 Å². The fraction of sp³-hybridized carbons (Fsp3) is 0.267. The van der Waals surface area contributed by atoms with Gasteiger partial charge in [0.1, 0.15) is 5.82 Å². The minimum atomic E-state index is -4.37. The van der Waals surface area contributed by atoms with Gasteiger partial charge in [0.05, 0.1) is 5.56 Å². The Hall–Kier alpha value is -2.24. The maximum Gasteiger partial charge on any atom is 0.416 e. The molecule has 0 amide bonds. The molecule has 21 heavy (non-hydrogen) atoms. The highest BCUT2D eigenvalue weighted by Gasteiger charge is 2.31. The van der Waals surface area contributed by atoms with E-state index >= 15 is 0 Å². The molecular formula is C15H16F3N3. The van der Waals surface area contributed by atoms with Crippen molar-refractivity contribution in [3.8, 4) is 0 Å². The van der Waals surface area contributed by atoms with Crippen LogP contribution in [0.2, 0.25) is 0 Å². The summed E-state index contributed by atoms with van der Waals surface area (Å²) in [6.45, 7) is 2.87. The topological polar surface area (TPSA) is 42.1 Å². The maximum absolute atomic E-state index is 12.8. The van der Waals surface area contributed by atoms with Crippen LogP contribution >= 0.6 is 0 Å². The first-order valence-corrected chi connectivity index (χ1v) is 6.52. The fourth-order valence-electron chi connectivity index (χ4n) is 2.03. The Morgan fingerprint density at radius 1 is 1.19 bits per heavy atom. The molecule has 0 aliphatic carbocycles. The molecule has 0 saturated heterocycles. The van der Waals surface area contributed by atoms with Crippen molar-refractivity contribution in [1.82, 2.24) is 4.98 Å². The van der Waals surface area contributed by atoms with Crippen LogP contribution in [0, 0.1) is 0 Å². The highest BCUT2D eigenvalue weighted by Crippen LogP contribution is 2.31. The number of halogens is 3. The lowest BCUT2D eigenvalue weighted by molar-refractivity contribution is -0.137. The molecule has 1 heterocycles. The summed E-state index contributed by atoms with van der Waals surface area (Å²) < 4.78 is 38.3. The number of benzene rings is 1. The predicted molar refractivity (Wildman–Crippen MR) is 76.8 cm³/mol. The highest BCUT2D eigenvalue weighted by molar-refractivity contribution is 5.45. The molecular weight excluding hydrogens is 279 g/mol. The van der Waals surface area contributed by atoms with E-state index in [0.29, 0.717) is 24.6 Å². The molecule has 3 nitrogen and oxygen atoms in total. The molecule has 0 unspecified atom stereocenters. The molecule has 0 spiro atoms. The smallest absolute Gasteiger partial charge is 0.399 e. The van der Waals surface area contributed by atoms with Crippen LogP contribution in [-0.2, 0) is 12.7 Å². The second-order valence-electron chi connectivity index (χ2n) is 4.66. The van der Waals surface area contributed by atoms with Crippen LogP contribution in [0.4, 0.5) is 24.7 Å². The summed E-state index contributed by atoms with van der Waals surface area (Å²) in [6.07, 6.45) is -3.19. The first kappa shape index (κ1) is 15.2. The summed E-state index contributed by atoms with van der Waals surface area (Å²) in [5.41, 5.74) is 6.57. The molecule has 0 fully saturated rings. The van der Waals surface area contributed by atoms with E-state index in [1.165, 1.54) is 6.20 Å². The number of hydrogen-bond donors (Lipinski definition) is 1. The fourth-order valence-corrected chi connectivity index (χ4v) is 2.03. The third-order valence-corrected chi connectivity index (χ3v) is 3.10. The lowest BCUT2D eigenvalue weighted by Gasteiger charge is -2.23. The average molecular weight is 295 g/mol. The lowest BCUT2D eigenvalue weighted by Crippen LogP contribution is -2.23. The molecule has 1 aromatic carbocycles. The van der Waals surface area contributed by atoms with Gasteiger partial charge in [0.25, 0.3) is 0 Å². The highest BCUT2D eigenvalue weighted by atomic mass is 19.4. The Kier molecular flexibility index (Phi) is 4.35. The molecule has 1 aromatic heterocycles. The van der Waals surface area contributed by atoms with E-state index in [2.05, 4.69) is 4.98 Å². The van der Waals surface area contributed by atoms with E-state index in [0.717, 1.165) is 17.7 Å². The van der Waals surface area contributed by atoms with Crippen molar-refractivity contribution in [1.29, 1.82) is 0 Å². The Morgan fingerprint density at radius 3 is 2.57 bits per heavy atom. The molecule has 0 bridgehead atoms. The molecule has 0 atom stereocenters. The predicted octanol–water partition coefficient (Wildman–Crippen LogP) is 3.71. The number of nitrogens with two attached hydrogens (primary N) is 1. The third kappa shape index (κ3) is 3.87. The monoisotopic (exact) mass is 295 g/mol. The van der Waals surface area contributed by atoms with Crippen molar-refractivity contribution in [3.05, 3.63) is 53.7 Å². The molecule has 0 radical (unpaired) electrons. The van der Waals surface area contributed by atoms with E-state index in [1.807, 2.05) is 19.1 Å². The van der Waals surface area contributed by atoms with Crippen molar-refractivity contribution in [2.45, 2.75) is 19.6 Å². The van der Waals surface area contributed by atoms with Crippen LogP contribution in [0.25, 0.3) is 0 Å². The van der Waals surface area contributed by atoms with Gasteiger partial charge >= 0.3 is 6.18 Å². The van der Waals surface area contributed by atoms with Gasteiger partial charge in [-0.3, -0.25) is 0 Å². The van der Waals surface area contributed by atoms with Crippen molar-refractivity contribution < 1.29 is 13.2 Å². The summed E-state index contributed by atoms with van der Waals surface area (Å²) in [6, 6.07) is 9.30. The van der Waals surface area contributed by atoms with Gasteiger partial charge in [0.15, 0.2) is 0 Å². The molecule has 2 aromatic rings. The average Bonchev–Trinajstić information content (AvgIpc) is 2.44. The number of anilines is 2. The van der Waals surface area contributed by atoms with E-state index in [-0.39, 0.29) is 0 Å². The van der Waals surface area contributed by atoms with Gasteiger partial charge < -0.3 is 10.6 Å². The zero-order valence-corrected chi connectivity index (χ0v) is 11.6. The number of aromatic nitrogens is 1. The van der Waals surface area contributed by atoms with Crippen LogP contribution in [0.1, 0.15) is 18.1 Å². The summed E-state index contributed by atoms with van der Waals surface area (Å²) >= 11 is 0. The van der Waals surface area contributed by atoms with E-state index < -0.39 is 11.7 Å². The summed E-state index contributed by atoms with van der Waals surface area (Å²) in [4.78, 5) is 5.81. The number of alkyl halides is 3. The molecule has 112 valence electrons. The number of pyridine rings is 1. The van der Waals surface area contributed by atoms with E-state index in [9.17, 15) is 13.2 Å². The number of hydrogen-bond acceptors (Lipinski definition) is 3. The van der Waals surface area contributed by atoms with Crippen molar-refractivity contribution in [2.75, 3.05) is 17.2 Å². The Labute approximate surface area is 121 Å². The standard InChI is InChI=1S/C15H16F3N3/c1-2-21(10-11-4-3-5-13(19)8-11)14-9-12(6-7-20-14)15(16,17)18/h3-9H,2,10,19H2,1H3. The first-order chi connectivity index (χ1) is 9.90. The number of nitrogens with zero attached hydrogens (tertiary/aromatic N) is 2. The van der Waals surface area contributed by atoms with Crippen molar-refractivity contribution >= 4 is 11.5 Å². The van der Waals surface area contributed by atoms with Gasteiger partial charge in [-0.15, -0.1) is 0 Å². The summed E-state index contributed by atoms with van der Waals surface area (Å²) in [7, 11) is 0. The summed E-state index contributed by atoms with van der Waals surface area (Å²) in [5.74, 6) is 0.301. The van der Waals surface area contributed by atoms with Crippen molar-refractivity contribution in [2.24, 2.45) is 0 Å². The molecule has 0 aliphatic heterocycles. The van der Waals surface area contributed by atoms with Gasteiger partial charge in [-0.1, -0.05) is 12.1 Å². The van der Waals surface area contributed by atoms with Crippen LogP contribution in [0.5, 0.6) is 0 Å². The van der Waals surface area contributed by atoms with Crippen molar-refractivity contribution in [3.63, 3.8) is 0 Å². The van der Waals surface area contributed by atoms with Crippen LogP contribution in [0.3, 0.4) is 0 Å². The van der Waals surface area contributed by atoms with Gasteiger partial charge in [-0.25, -0.2) is 4.98 Å². The largest absolute Gasteiger partial charge is 0.416 e. The van der Waals surface area contributed by atoms with Crippen LogP contribution < -0.4 is 10.6 Å². The van der Waals surface area contributed by atoms with E-state index in [1.54, 1.807) is 17.0 Å². The Bertz CT molecular complexity index is 611. The zero-order chi connectivity index (χ0) is 15.5. The molecule has 6 heteroatoms. The van der Waals surface area contributed by atoms with Crippen LogP contribution in [0.15, 0.2) is 42.6 Å². The minimum absolute atomic E-state index is 0.301. The molecule has 2 rings (SSSR count). The molecule has 0 aliphatic rings. The number of nitrogen functional groups attached to an aromatic ring is 1. The Balaban J connectivity index is 2.25. The van der Waals surface area contributed by atoms with Gasteiger partial charge in [-0.2, -0.15) is 13.2 Å². The minimum Gasteiger partial charge on any atom is -0.399 e. The molecule has 0 saturated carbocycles. The first-order valence-electron chi connectivity index (χ1n) is 6.52. The number of rotatable bonds is 4. The van der Waals surface area contributed by atoms with Crippen LogP contribution in [-0.4, -0.2) is 11.5 Å². The van der Waals surface area contributed by atoms with Gasteiger partial charge in [-0.05, 0) is 36.8 Å². The maximum atomic E-state index is 12.8. The second kappa shape index (κ2) is 6.03. The molecule has 2 N–H and O–H groups in total. The van der Waals surface area contributed by atoms with Gasteiger partial charge in [0.2, 0.25) is 0 Å². The normalized spacial score (nSPS) is 11.4. The zero-order valence-electron chi connectivity index (χ0n) is 11.6.